The van der Waals surface area contributed by atoms with Gasteiger partial charge in [-0.25, -0.2) is 4.39 Å². The van der Waals surface area contributed by atoms with E-state index in [2.05, 4.69) is 20.9 Å². The second-order valence-electron chi connectivity index (χ2n) is 7.19. The molecule has 1 saturated heterocycles. The molecule has 0 unspecified atom stereocenters. The number of nitrogens with one attached hydrogen (secondary N) is 1. The van der Waals surface area contributed by atoms with E-state index in [1.807, 2.05) is 24.3 Å². The first-order valence-electron chi connectivity index (χ1n) is 9.36. The van der Waals surface area contributed by atoms with Crippen molar-refractivity contribution < 1.29 is 4.39 Å². The molecule has 0 saturated carbocycles. The quantitative estimate of drug-likeness (QED) is 0.761. The third-order valence-corrected chi connectivity index (χ3v) is 5.19. The van der Waals surface area contributed by atoms with Crippen molar-refractivity contribution in [3.8, 4) is 6.07 Å². The Bertz CT molecular complexity index is 1090. The first kappa shape index (κ1) is 18.4. The van der Waals surface area contributed by atoms with Gasteiger partial charge in [0.25, 0.3) is 0 Å². The molecule has 6 heteroatoms. The van der Waals surface area contributed by atoms with Gasteiger partial charge in [0.1, 0.15) is 5.82 Å². The SMILES string of the molecule is N#Cc1cccc(CN2CCN(Cc3cc(=O)c4cccc(F)c4[nH]3)CC2)c1. The molecule has 0 aliphatic carbocycles. The van der Waals surface area contributed by atoms with Crippen LogP contribution in [0.25, 0.3) is 10.9 Å². The minimum Gasteiger partial charge on any atom is -0.355 e. The second kappa shape index (κ2) is 7.93. The number of aromatic amines is 1. The van der Waals surface area contributed by atoms with E-state index in [0.717, 1.165) is 44.0 Å². The Labute approximate surface area is 162 Å². The van der Waals surface area contributed by atoms with Crippen LogP contribution in [0.3, 0.4) is 0 Å². The maximum Gasteiger partial charge on any atom is 0.189 e. The van der Waals surface area contributed by atoms with Gasteiger partial charge in [-0.05, 0) is 29.8 Å². The van der Waals surface area contributed by atoms with Crippen LogP contribution in [0, 0.1) is 17.1 Å². The Hall–Kier alpha value is -3.01. The zero-order valence-electron chi connectivity index (χ0n) is 15.5. The van der Waals surface area contributed by atoms with Gasteiger partial charge in [-0.2, -0.15) is 5.26 Å². The monoisotopic (exact) mass is 376 g/mol. The summed E-state index contributed by atoms with van der Waals surface area (Å²) in [5.74, 6) is -0.402. The number of nitrogens with zero attached hydrogens (tertiary/aromatic N) is 3. The number of para-hydroxylation sites is 1. The highest BCUT2D eigenvalue weighted by Crippen LogP contribution is 2.15. The zero-order valence-corrected chi connectivity index (χ0v) is 15.5. The highest BCUT2D eigenvalue weighted by molar-refractivity contribution is 5.78. The van der Waals surface area contributed by atoms with Crippen molar-refractivity contribution >= 4 is 10.9 Å². The van der Waals surface area contributed by atoms with E-state index in [4.69, 9.17) is 5.26 Å². The zero-order chi connectivity index (χ0) is 19.5. The van der Waals surface area contributed by atoms with Gasteiger partial charge in [-0.15, -0.1) is 0 Å². The van der Waals surface area contributed by atoms with Crippen LogP contribution in [0.15, 0.2) is 53.3 Å². The maximum atomic E-state index is 14.0. The average molecular weight is 376 g/mol. The number of nitriles is 1. The van der Waals surface area contributed by atoms with Gasteiger partial charge in [-0.3, -0.25) is 14.6 Å². The summed E-state index contributed by atoms with van der Waals surface area (Å²) in [5.41, 5.74) is 2.68. The Morgan fingerprint density at radius 2 is 1.71 bits per heavy atom. The summed E-state index contributed by atoms with van der Waals surface area (Å²) >= 11 is 0. The molecule has 4 rings (SSSR count). The standard InChI is InChI=1S/C22H21FN4O/c23-20-6-2-5-19-21(28)12-18(25-22(19)20)15-27-9-7-26(8-10-27)14-17-4-1-3-16(11-17)13-24/h1-6,11-12H,7-10,14-15H2,(H,25,28). The number of piperazine rings is 1. The molecule has 1 aromatic heterocycles. The molecule has 0 amide bonds. The van der Waals surface area contributed by atoms with Gasteiger partial charge in [0.15, 0.2) is 5.43 Å². The molecule has 28 heavy (non-hydrogen) atoms. The highest BCUT2D eigenvalue weighted by Gasteiger charge is 2.18. The second-order valence-corrected chi connectivity index (χ2v) is 7.19. The topological polar surface area (TPSA) is 63.1 Å². The largest absolute Gasteiger partial charge is 0.355 e. The molecular formula is C22H21FN4O. The number of pyridine rings is 1. The molecule has 1 N–H and O–H groups in total. The molecule has 1 fully saturated rings. The van der Waals surface area contributed by atoms with E-state index in [1.54, 1.807) is 18.2 Å². The van der Waals surface area contributed by atoms with Crippen LogP contribution in [-0.2, 0) is 13.1 Å². The molecule has 5 nitrogen and oxygen atoms in total. The van der Waals surface area contributed by atoms with E-state index in [9.17, 15) is 9.18 Å². The number of aromatic nitrogens is 1. The van der Waals surface area contributed by atoms with E-state index in [-0.39, 0.29) is 10.9 Å². The summed E-state index contributed by atoms with van der Waals surface area (Å²) < 4.78 is 14.0. The van der Waals surface area contributed by atoms with Crippen molar-refractivity contribution in [3.63, 3.8) is 0 Å². The van der Waals surface area contributed by atoms with Gasteiger partial charge in [0.2, 0.25) is 0 Å². The number of H-pyrrole nitrogens is 1. The van der Waals surface area contributed by atoms with Crippen LogP contribution >= 0.6 is 0 Å². The molecule has 2 heterocycles. The van der Waals surface area contributed by atoms with Crippen molar-refractivity contribution in [2.75, 3.05) is 26.2 Å². The lowest BCUT2D eigenvalue weighted by Gasteiger charge is -2.34. The van der Waals surface area contributed by atoms with Gasteiger partial charge in [0.05, 0.1) is 17.1 Å². The first-order chi connectivity index (χ1) is 13.6. The molecule has 3 aromatic rings. The van der Waals surface area contributed by atoms with Crippen LogP contribution in [-0.4, -0.2) is 41.0 Å². The lowest BCUT2D eigenvalue weighted by molar-refractivity contribution is 0.121. The van der Waals surface area contributed by atoms with Crippen molar-refractivity contribution in [2.45, 2.75) is 13.1 Å². The maximum absolute atomic E-state index is 14.0. The molecule has 142 valence electrons. The Balaban J connectivity index is 1.39. The molecule has 0 bridgehead atoms. The minimum absolute atomic E-state index is 0.153. The fourth-order valence-electron chi connectivity index (χ4n) is 3.72. The molecular weight excluding hydrogens is 355 g/mol. The molecule has 1 aliphatic rings. The highest BCUT2D eigenvalue weighted by atomic mass is 19.1. The smallest absolute Gasteiger partial charge is 0.189 e. The number of hydrogen-bond donors (Lipinski definition) is 1. The number of benzene rings is 2. The predicted molar refractivity (Wildman–Crippen MR) is 106 cm³/mol. The van der Waals surface area contributed by atoms with Crippen molar-refractivity contribution in [3.05, 3.63) is 81.4 Å². The average Bonchev–Trinajstić information content (AvgIpc) is 2.71. The molecule has 2 aromatic carbocycles. The van der Waals surface area contributed by atoms with Crippen LogP contribution < -0.4 is 5.43 Å². The van der Waals surface area contributed by atoms with Crippen molar-refractivity contribution in [1.82, 2.24) is 14.8 Å². The molecule has 0 spiro atoms. The fourth-order valence-corrected chi connectivity index (χ4v) is 3.72. The lowest BCUT2D eigenvalue weighted by Crippen LogP contribution is -2.45. The third kappa shape index (κ3) is 3.96. The minimum atomic E-state index is -0.402. The van der Waals surface area contributed by atoms with E-state index >= 15 is 0 Å². The van der Waals surface area contributed by atoms with Crippen LogP contribution in [0.1, 0.15) is 16.8 Å². The van der Waals surface area contributed by atoms with E-state index in [0.29, 0.717) is 17.5 Å². The van der Waals surface area contributed by atoms with Crippen LogP contribution in [0.4, 0.5) is 4.39 Å². The Morgan fingerprint density at radius 1 is 1.00 bits per heavy atom. The Morgan fingerprint density at radius 3 is 2.46 bits per heavy atom. The van der Waals surface area contributed by atoms with Gasteiger partial charge in [-0.1, -0.05) is 18.2 Å². The summed E-state index contributed by atoms with van der Waals surface area (Å²) in [6, 6.07) is 16.0. The summed E-state index contributed by atoms with van der Waals surface area (Å²) in [5, 5.41) is 9.41. The number of halogens is 1. The van der Waals surface area contributed by atoms with E-state index < -0.39 is 5.82 Å². The normalized spacial score (nSPS) is 15.6. The third-order valence-electron chi connectivity index (χ3n) is 5.19. The van der Waals surface area contributed by atoms with Crippen LogP contribution in [0.5, 0.6) is 0 Å². The van der Waals surface area contributed by atoms with Gasteiger partial charge >= 0.3 is 0 Å². The summed E-state index contributed by atoms with van der Waals surface area (Å²) in [4.78, 5) is 20.0. The summed E-state index contributed by atoms with van der Waals surface area (Å²) in [6.45, 7) is 4.97. The van der Waals surface area contributed by atoms with Crippen molar-refractivity contribution in [1.29, 1.82) is 5.26 Å². The number of rotatable bonds is 4. The first-order valence-corrected chi connectivity index (χ1v) is 9.36. The number of hydrogen-bond acceptors (Lipinski definition) is 4. The summed E-state index contributed by atoms with van der Waals surface area (Å²) in [6.07, 6.45) is 0. The number of fused-ring (bicyclic) bond motifs is 1. The molecule has 0 radical (unpaired) electrons. The van der Waals surface area contributed by atoms with Gasteiger partial charge in [0, 0.05) is 56.4 Å². The van der Waals surface area contributed by atoms with Gasteiger partial charge < -0.3 is 4.98 Å². The summed E-state index contributed by atoms with van der Waals surface area (Å²) in [7, 11) is 0. The molecule has 0 atom stereocenters. The van der Waals surface area contributed by atoms with Crippen molar-refractivity contribution in [2.24, 2.45) is 0 Å². The Kier molecular flexibility index (Phi) is 5.20. The fraction of sp³-hybridized carbons (Fsp3) is 0.273. The lowest BCUT2D eigenvalue weighted by atomic mass is 10.1. The molecule has 1 aliphatic heterocycles. The predicted octanol–water partition coefficient (Wildman–Crippen LogP) is 2.86. The van der Waals surface area contributed by atoms with Crippen LogP contribution in [0.2, 0.25) is 0 Å². The van der Waals surface area contributed by atoms with E-state index in [1.165, 1.54) is 6.07 Å².